The van der Waals surface area contributed by atoms with Gasteiger partial charge in [-0.15, -0.1) is 0 Å². The predicted molar refractivity (Wildman–Crippen MR) is 194 cm³/mol. The van der Waals surface area contributed by atoms with Gasteiger partial charge in [0.2, 0.25) is 17.5 Å². The van der Waals surface area contributed by atoms with E-state index in [1.54, 1.807) is 82.5 Å². The number of methoxy groups -OCH3 is 1. The average molecular weight is 725 g/mol. The Morgan fingerprint density at radius 3 is 2.37 bits per heavy atom. The number of nitrogens with one attached hydrogen (secondary N) is 2. The van der Waals surface area contributed by atoms with Gasteiger partial charge >= 0.3 is 5.97 Å². The normalized spacial score (nSPS) is 19.0. The van der Waals surface area contributed by atoms with Crippen molar-refractivity contribution in [1.82, 2.24) is 20.5 Å². The van der Waals surface area contributed by atoms with Crippen LogP contribution in [0.25, 0.3) is 0 Å². The molecule has 0 spiro atoms. The van der Waals surface area contributed by atoms with Gasteiger partial charge in [0.15, 0.2) is 13.2 Å². The fraction of sp³-hybridized carbons (Fsp3) is 0.447. The van der Waals surface area contributed by atoms with Crippen molar-refractivity contribution in [3.63, 3.8) is 0 Å². The zero-order valence-electron chi connectivity index (χ0n) is 30.9. The fourth-order valence-corrected chi connectivity index (χ4v) is 4.80. The summed E-state index contributed by atoms with van der Waals surface area (Å²) in [7, 11) is 2.98. The topological polar surface area (TPSA) is 179 Å². The number of likely N-dealkylation sites (N-methyl/N-ethyl adjacent to an activating group) is 1. The summed E-state index contributed by atoms with van der Waals surface area (Å²) in [5.41, 5.74) is -2.17. The summed E-state index contributed by atoms with van der Waals surface area (Å²) >= 11 is 0. The minimum absolute atomic E-state index is 0.107. The smallest absolute Gasteiger partial charge is 0.302 e. The molecule has 2 heterocycles. The number of aromatic nitrogens is 1. The van der Waals surface area contributed by atoms with Crippen molar-refractivity contribution < 1.29 is 47.6 Å². The number of oxazole rings is 1. The van der Waals surface area contributed by atoms with E-state index in [2.05, 4.69) is 15.6 Å². The fourth-order valence-electron chi connectivity index (χ4n) is 4.80. The number of ether oxygens (including phenoxy) is 4. The first-order valence-electron chi connectivity index (χ1n) is 16.7. The summed E-state index contributed by atoms with van der Waals surface area (Å²) < 4.78 is 26.5. The summed E-state index contributed by atoms with van der Waals surface area (Å²) in [6.07, 6.45) is 24.4. The minimum atomic E-state index is -1.76. The maximum absolute atomic E-state index is 13.5. The number of hydrogen-bond acceptors (Lipinski definition) is 11. The number of aliphatic hydroxyl groups excluding tert-OH is 1. The molecule has 3 N–H and O–H groups in total. The molecule has 3 amide bonds. The van der Waals surface area contributed by atoms with Gasteiger partial charge in [-0.25, -0.2) is 4.98 Å². The van der Waals surface area contributed by atoms with Crippen molar-refractivity contribution in [2.24, 2.45) is 5.41 Å². The molecular formula is C38H52N4O10. The van der Waals surface area contributed by atoms with E-state index in [1.165, 1.54) is 44.5 Å². The molecule has 1 aromatic heterocycles. The van der Waals surface area contributed by atoms with Crippen molar-refractivity contribution in [2.75, 3.05) is 40.7 Å². The van der Waals surface area contributed by atoms with Gasteiger partial charge in [0.05, 0.1) is 29.9 Å². The van der Waals surface area contributed by atoms with Gasteiger partial charge in [-0.2, -0.15) is 0 Å². The zero-order chi connectivity index (χ0) is 38.6. The van der Waals surface area contributed by atoms with Crippen LogP contribution < -0.4 is 10.6 Å². The first-order valence-corrected chi connectivity index (χ1v) is 16.7. The minimum Gasteiger partial charge on any atom is -0.464 e. The number of amides is 3. The molecular weight excluding hydrogens is 672 g/mol. The molecule has 0 radical (unpaired) electrons. The molecule has 1 aliphatic rings. The molecule has 284 valence electrons. The van der Waals surface area contributed by atoms with Gasteiger partial charge in [0, 0.05) is 40.1 Å². The second-order valence-electron chi connectivity index (χ2n) is 12.4. The van der Waals surface area contributed by atoms with Gasteiger partial charge in [-0.3, -0.25) is 19.2 Å². The molecule has 1 saturated heterocycles. The summed E-state index contributed by atoms with van der Waals surface area (Å²) in [5, 5.41) is 16.2. The van der Waals surface area contributed by atoms with Crippen LogP contribution in [0, 0.1) is 5.41 Å². The predicted octanol–water partition coefficient (Wildman–Crippen LogP) is 3.25. The highest BCUT2D eigenvalue weighted by Gasteiger charge is 2.48. The Morgan fingerprint density at radius 1 is 1.06 bits per heavy atom. The van der Waals surface area contributed by atoms with Gasteiger partial charge in [0.25, 0.3) is 5.91 Å². The Hall–Kier alpha value is -4.89. The van der Waals surface area contributed by atoms with Crippen molar-refractivity contribution in [3.05, 3.63) is 103 Å². The Kier molecular flexibility index (Phi) is 18.4. The molecule has 1 aromatic rings. The lowest BCUT2D eigenvalue weighted by molar-refractivity contribution is -0.165. The number of nitrogens with zero attached hydrogens (tertiary/aromatic N) is 2. The van der Waals surface area contributed by atoms with Crippen LogP contribution in [0.1, 0.15) is 40.4 Å². The SMILES string of the molecule is COC(C)C(COC(C)=O)N(C)C(=O)C1(NC(=O)/C=C/C=C/C=C/C=C\CNC(=O)C(C)(C)C(O)\C(C)=C/C=C\C=C\Cc2cnco2)COCO1. The van der Waals surface area contributed by atoms with Crippen LogP contribution in [0.15, 0.2) is 102 Å². The summed E-state index contributed by atoms with van der Waals surface area (Å²) in [6, 6.07) is -0.647. The number of carbonyl (C=O) groups excluding carboxylic acids is 4. The molecule has 52 heavy (non-hydrogen) atoms. The van der Waals surface area contributed by atoms with E-state index in [4.69, 9.17) is 23.4 Å². The van der Waals surface area contributed by atoms with E-state index in [1.807, 2.05) is 18.2 Å². The highest BCUT2D eigenvalue weighted by atomic mass is 16.7. The second-order valence-corrected chi connectivity index (χ2v) is 12.4. The van der Waals surface area contributed by atoms with Gasteiger partial charge in [0.1, 0.15) is 19.0 Å². The third kappa shape index (κ3) is 14.0. The standard InChI is InChI=1S/C38H52N4O10/c1-28(19-15-12-13-16-20-31-23-39-26-51-31)34(45)37(4,5)35(46)40-22-18-14-10-8-9-11-17-21-33(44)41-38(25-49-27-52-38)36(47)42(6)32(29(2)48-7)24-50-30(3)43/h8-19,21,23,26,29,32,34,45H,20,22,24-25,27H2,1-7H3,(H,40,46)(H,41,44)/b10-8+,11-9+,15-12-,16-13+,18-14-,21-17+,28-19-. The van der Waals surface area contributed by atoms with Gasteiger partial charge in [-0.1, -0.05) is 72.9 Å². The Bertz CT molecular complexity index is 1520. The summed E-state index contributed by atoms with van der Waals surface area (Å²) in [6.45, 7) is 7.89. The third-order valence-electron chi connectivity index (χ3n) is 8.09. The average Bonchev–Trinajstić information content (AvgIpc) is 3.82. The summed E-state index contributed by atoms with van der Waals surface area (Å²) in [5.74, 6) is -1.21. The van der Waals surface area contributed by atoms with Crippen LogP contribution in [-0.4, -0.2) is 103 Å². The van der Waals surface area contributed by atoms with Crippen LogP contribution in [0.2, 0.25) is 0 Å². The van der Waals surface area contributed by atoms with Crippen LogP contribution in [-0.2, 0) is 44.5 Å². The molecule has 14 nitrogen and oxygen atoms in total. The molecule has 0 bridgehead atoms. The van der Waals surface area contributed by atoms with Crippen molar-refractivity contribution >= 4 is 23.7 Å². The largest absolute Gasteiger partial charge is 0.464 e. The van der Waals surface area contributed by atoms with Gasteiger partial charge < -0.3 is 44.0 Å². The van der Waals surface area contributed by atoms with E-state index in [0.717, 1.165) is 5.76 Å². The third-order valence-corrected chi connectivity index (χ3v) is 8.09. The monoisotopic (exact) mass is 724 g/mol. The quantitative estimate of drug-likeness (QED) is 0.102. The lowest BCUT2D eigenvalue weighted by Crippen LogP contribution is -2.63. The molecule has 0 aliphatic carbocycles. The molecule has 1 fully saturated rings. The lowest BCUT2D eigenvalue weighted by Gasteiger charge is -2.36. The number of hydrogen-bond donors (Lipinski definition) is 3. The van der Waals surface area contributed by atoms with Crippen molar-refractivity contribution in [1.29, 1.82) is 0 Å². The highest BCUT2D eigenvalue weighted by Crippen LogP contribution is 2.26. The van der Waals surface area contributed by atoms with Crippen molar-refractivity contribution in [3.8, 4) is 0 Å². The first kappa shape index (κ1) is 43.3. The number of aliphatic hydroxyl groups is 1. The Labute approximate surface area is 305 Å². The maximum Gasteiger partial charge on any atom is 0.302 e. The number of carbonyl (C=O) groups is 4. The Balaban J connectivity index is 1.82. The number of esters is 1. The van der Waals surface area contributed by atoms with E-state index in [9.17, 15) is 24.3 Å². The van der Waals surface area contributed by atoms with Crippen LogP contribution >= 0.6 is 0 Å². The summed E-state index contributed by atoms with van der Waals surface area (Å²) in [4.78, 5) is 55.6. The molecule has 2 rings (SSSR count). The molecule has 0 saturated carbocycles. The molecule has 14 heteroatoms. The molecule has 0 aromatic carbocycles. The lowest BCUT2D eigenvalue weighted by atomic mass is 9.81. The number of rotatable bonds is 20. The number of allylic oxidation sites excluding steroid dienone is 11. The van der Waals surface area contributed by atoms with E-state index >= 15 is 0 Å². The molecule has 4 atom stereocenters. The highest BCUT2D eigenvalue weighted by molar-refractivity contribution is 5.95. The van der Waals surface area contributed by atoms with Crippen LogP contribution in [0.4, 0.5) is 0 Å². The molecule has 4 unspecified atom stereocenters. The first-order chi connectivity index (χ1) is 24.7. The Morgan fingerprint density at radius 2 is 1.73 bits per heavy atom. The van der Waals surface area contributed by atoms with E-state index in [-0.39, 0.29) is 32.5 Å². The van der Waals surface area contributed by atoms with E-state index < -0.39 is 47.2 Å². The van der Waals surface area contributed by atoms with Crippen molar-refractivity contribution in [2.45, 2.75) is 65.0 Å². The second kappa shape index (κ2) is 22.1. The van der Waals surface area contributed by atoms with E-state index in [0.29, 0.717) is 12.0 Å². The van der Waals surface area contributed by atoms with Crippen LogP contribution in [0.5, 0.6) is 0 Å². The zero-order valence-corrected chi connectivity index (χ0v) is 30.9. The maximum atomic E-state index is 13.5. The molecule has 1 aliphatic heterocycles. The van der Waals surface area contributed by atoms with Crippen LogP contribution in [0.3, 0.4) is 0 Å². The van der Waals surface area contributed by atoms with Gasteiger partial charge in [-0.05, 0) is 33.3 Å².